The SMILES string of the molecule is CCOC(Cc1ccc(OCCCC(=O)NCCc2ccc(Oc3ccccc3)cc2)cc1)C(=O)O. The Balaban J connectivity index is 1.29. The third-order valence-electron chi connectivity index (χ3n) is 5.44. The number of carbonyl (C=O) groups excluding carboxylic acids is 1. The normalized spacial score (nSPS) is 11.5. The first-order valence-corrected chi connectivity index (χ1v) is 12.2. The van der Waals surface area contributed by atoms with E-state index in [1.165, 1.54) is 0 Å². The molecule has 0 fully saturated rings. The summed E-state index contributed by atoms with van der Waals surface area (Å²) in [6, 6.07) is 24.8. The van der Waals surface area contributed by atoms with Gasteiger partial charge >= 0.3 is 5.97 Å². The first kappa shape index (κ1) is 26.8. The highest BCUT2D eigenvalue weighted by molar-refractivity contribution is 5.75. The first-order chi connectivity index (χ1) is 17.5. The first-order valence-electron chi connectivity index (χ1n) is 12.2. The molecule has 0 aliphatic carbocycles. The predicted molar refractivity (Wildman–Crippen MR) is 138 cm³/mol. The zero-order valence-electron chi connectivity index (χ0n) is 20.5. The summed E-state index contributed by atoms with van der Waals surface area (Å²) in [5, 5.41) is 12.1. The lowest BCUT2D eigenvalue weighted by Gasteiger charge is -2.13. The number of aliphatic carboxylic acids is 1. The van der Waals surface area contributed by atoms with E-state index in [4.69, 9.17) is 14.2 Å². The molecule has 1 atom stereocenters. The molecule has 0 aromatic heterocycles. The van der Waals surface area contributed by atoms with Gasteiger partial charge in [-0.15, -0.1) is 0 Å². The highest BCUT2D eigenvalue weighted by Crippen LogP contribution is 2.21. The number of ether oxygens (including phenoxy) is 3. The molecule has 7 nitrogen and oxygen atoms in total. The molecule has 0 radical (unpaired) electrons. The molecule has 0 aliphatic heterocycles. The highest BCUT2D eigenvalue weighted by Gasteiger charge is 2.17. The Morgan fingerprint density at radius 3 is 2.17 bits per heavy atom. The van der Waals surface area contributed by atoms with Gasteiger partial charge in [0.1, 0.15) is 17.2 Å². The van der Waals surface area contributed by atoms with Gasteiger partial charge in [0.2, 0.25) is 5.91 Å². The average molecular weight is 492 g/mol. The van der Waals surface area contributed by atoms with E-state index in [0.717, 1.165) is 29.0 Å². The molecule has 3 rings (SSSR count). The lowest BCUT2D eigenvalue weighted by atomic mass is 10.1. The maximum Gasteiger partial charge on any atom is 0.333 e. The van der Waals surface area contributed by atoms with Crippen LogP contribution in [0.1, 0.15) is 30.9 Å². The minimum absolute atomic E-state index is 0.00591. The zero-order chi connectivity index (χ0) is 25.6. The second-order valence-electron chi connectivity index (χ2n) is 8.24. The van der Waals surface area contributed by atoms with Gasteiger partial charge in [-0.25, -0.2) is 4.79 Å². The van der Waals surface area contributed by atoms with Crippen molar-refractivity contribution in [1.82, 2.24) is 5.32 Å². The van der Waals surface area contributed by atoms with Gasteiger partial charge in [0.15, 0.2) is 6.10 Å². The summed E-state index contributed by atoms with van der Waals surface area (Å²) in [4.78, 5) is 23.3. The molecule has 0 saturated carbocycles. The van der Waals surface area contributed by atoms with Crippen molar-refractivity contribution < 1.29 is 28.9 Å². The maximum absolute atomic E-state index is 12.1. The molecule has 7 heteroatoms. The minimum atomic E-state index is -0.971. The summed E-state index contributed by atoms with van der Waals surface area (Å²) in [6.07, 6.45) is 1.18. The number of hydrogen-bond acceptors (Lipinski definition) is 5. The van der Waals surface area contributed by atoms with Crippen molar-refractivity contribution in [3.05, 3.63) is 90.0 Å². The van der Waals surface area contributed by atoms with Crippen molar-refractivity contribution in [2.75, 3.05) is 19.8 Å². The third kappa shape index (κ3) is 9.43. The van der Waals surface area contributed by atoms with Crippen molar-refractivity contribution in [2.24, 2.45) is 0 Å². The molecule has 36 heavy (non-hydrogen) atoms. The number of carbonyl (C=O) groups is 2. The van der Waals surface area contributed by atoms with Gasteiger partial charge in [0.25, 0.3) is 0 Å². The van der Waals surface area contributed by atoms with E-state index >= 15 is 0 Å². The molecule has 0 saturated heterocycles. The van der Waals surface area contributed by atoms with Crippen LogP contribution < -0.4 is 14.8 Å². The van der Waals surface area contributed by atoms with Crippen molar-refractivity contribution in [1.29, 1.82) is 0 Å². The molecule has 2 N–H and O–H groups in total. The fourth-order valence-electron chi connectivity index (χ4n) is 3.56. The number of benzene rings is 3. The van der Waals surface area contributed by atoms with Gasteiger partial charge in [-0.1, -0.05) is 42.5 Å². The van der Waals surface area contributed by atoms with E-state index in [0.29, 0.717) is 44.8 Å². The standard InChI is InChI=1S/C29H33NO6/c1-2-34-27(29(32)33)21-23-12-14-24(15-13-23)35-20-6-9-28(31)30-19-18-22-10-16-26(17-11-22)36-25-7-4-3-5-8-25/h3-5,7-8,10-17,27H,2,6,9,18-21H2,1H3,(H,30,31)(H,32,33). The summed E-state index contributed by atoms with van der Waals surface area (Å²) < 4.78 is 16.7. The van der Waals surface area contributed by atoms with E-state index in [1.807, 2.05) is 66.7 Å². The fraction of sp³-hybridized carbons (Fsp3) is 0.310. The van der Waals surface area contributed by atoms with Gasteiger partial charge in [0, 0.05) is 26.0 Å². The molecule has 1 amide bonds. The van der Waals surface area contributed by atoms with E-state index in [2.05, 4.69) is 5.32 Å². The van der Waals surface area contributed by atoms with Crippen molar-refractivity contribution in [3.8, 4) is 17.2 Å². The molecule has 0 spiro atoms. The van der Waals surface area contributed by atoms with Gasteiger partial charge in [0.05, 0.1) is 6.61 Å². The zero-order valence-corrected chi connectivity index (χ0v) is 20.5. The van der Waals surface area contributed by atoms with E-state index in [-0.39, 0.29) is 5.91 Å². The summed E-state index contributed by atoms with van der Waals surface area (Å²) in [5.41, 5.74) is 1.99. The largest absolute Gasteiger partial charge is 0.494 e. The van der Waals surface area contributed by atoms with Gasteiger partial charge in [-0.2, -0.15) is 0 Å². The van der Waals surface area contributed by atoms with Crippen LogP contribution in [-0.4, -0.2) is 42.8 Å². The molecule has 1 unspecified atom stereocenters. The van der Waals surface area contributed by atoms with Crippen LogP contribution in [0.2, 0.25) is 0 Å². The molecular weight excluding hydrogens is 458 g/mol. The van der Waals surface area contributed by atoms with Crippen LogP contribution in [0.4, 0.5) is 0 Å². The lowest BCUT2D eigenvalue weighted by molar-refractivity contribution is -0.150. The Bertz CT molecular complexity index is 1070. The second-order valence-corrected chi connectivity index (χ2v) is 8.24. The quantitative estimate of drug-likeness (QED) is 0.290. The average Bonchev–Trinajstić information content (AvgIpc) is 2.89. The van der Waals surface area contributed by atoms with E-state index < -0.39 is 12.1 Å². The third-order valence-corrected chi connectivity index (χ3v) is 5.44. The van der Waals surface area contributed by atoms with Gasteiger partial charge < -0.3 is 24.6 Å². The number of amides is 1. The Hall–Kier alpha value is -3.84. The fourth-order valence-corrected chi connectivity index (χ4v) is 3.56. The molecule has 190 valence electrons. The Labute approximate surface area is 212 Å². The number of para-hydroxylation sites is 1. The smallest absolute Gasteiger partial charge is 0.333 e. The minimum Gasteiger partial charge on any atom is -0.494 e. The van der Waals surface area contributed by atoms with Crippen molar-refractivity contribution in [3.63, 3.8) is 0 Å². The number of nitrogens with one attached hydrogen (secondary N) is 1. The van der Waals surface area contributed by atoms with E-state index in [1.54, 1.807) is 19.1 Å². The van der Waals surface area contributed by atoms with Crippen LogP contribution in [0.15, 0.2) is 78.9 Å². The number of carboxylic acid groups (broad SMARTS) is 1. The summed E-state index contributed by atoms with van der Waals surface area (Å²) in [7, 11) is 0. The van der Waals surface area contributed by atoms with Crippen LogP contribution in [0.3, 0.4) is 0 Å². The molecule has 3 aromatic carbocycles. The summed E-state index contributed by atoms with van der Waals surface area (Å²) in [6.45, 7) is 3.11. The summed E-state index contributed by atoms with van der Waals surface area (Å²) in [5.74, 6) is 1.28. The lowest BCUT2D eigenvalue weighted by Crippen LogP contribution is -2.26. The number of hydrogen-bond donors (Lipinski definition) is 2. The van der Waals surface area contributed by atoms with E-state index in [9.17, 15) is 14.7 Å². The number of carboxylic acids is 1. The van der Waals surface area contributed by atoms with Crippen LogP contribution in [0.5, 0.6) is 17.2 Å². The maximum atomic E-state index is 12.1. The topological polar surface area (TPSA) is 94.1 Å². The Kier molecular flexibility index (Phi) is 10.8. The summed E-state index contributed by atoms with van der Waals surface area (Å²) >= 11 is 0. The van der Waals surface area contributed by atoms with Crippen molar-refractivity contribution >= 4 is 11.9 Å². The molecule has 0 aliphatic rings. The Morgan fingerprint density at radius 1 is 0.861 bits per heavy atom. The molecule has 0 bridgehead atoms. The predicted octanol–water partition coefficient (Wildman–Crippen LogP) is 5.03. The van der Waals surface area contributed by atoms with Crippen LogP contribution in [0.25, 0.3) is 0 Å². The Morgan fingerprint density at radius 2 is 1.50 bits per heavy atom. The van der Waals surface area contributed by atoms with Crippen LogP contribution >= 0.6 is 0 Å². The highest BCUT2D eigenvalue weighted by atomic mass is 16.5. The number of rotatable bonds is 15. The van der Waals surface area contributed by atoms with Gasteiger partial charge in [-0.05, 0) is 67.3 Å². The van der Waals surface area contributed by atoms with Crippen molar-refractivity contribution in [2.45, 2.75) is 38.7 Å². The molecular formula is C29H33NO6. The van der Waals surface area contributed by atoms with Crippen LogP contribution in [0, 0.1) is 0 Å². The monoisotopic (exact) mass is 491 g/mol. The van der Waals surface area contributed by atoms with Gasteiger partial charge in [-0.3, -0.25) is 4.79 Å². The van der Waals surface area contributed by atoms with Crippen LogP contribution in [-0.2, 0) is 27.2 Å². The molecule has 3 aromatic rings. The molecule has 0 heterocycles. The second kappa shape index (κ2) is 14.5.